The molecule has 0 unspecified atom stereocenters. The van der Waals surface area contributed by atoms with E-state index in [2.05, 4.69) is 10.6 Å². The molecular formula is C13H17N3O4S. The maximum Gasteiger partial charge on any atom is 0.309 e. The van der Waals surface area contributed by atoms with Crippen LogP contribution in [0.2, 0.25) is 0 Å². The number of nitrogens with two attached hydrogens (primary N) is 1. The molecule has 21 heavy (non-hydrogen) atoms. The van der Waals surface area contributed by atoms with Gasteiger partial charge in [0.2, 0.25) is 10.0 Å². The van der Waals surface area contributed by atoms with Crippen LogP contribution in [-0.4, -0.2) is 32.8 Å². The highest BCUT2D eigenvalue weighted by atomic mass is 32.2. The van der Waals surface area contributed by atoms with Crippen molar-refractivity contribution < 1.29 is 18.0 Å². The van der Waals surface area contributed by atoms with Gasteiger partial charge < -0.3 is 10.6 Å². The van der Waals surface area contributed by atoms with E-state index in [-0.39, 0.29) is 10.9 Å². The Balaban J connectivity index is 1.77. The topological polar surface area (TPSA) is 118 Å². The second kappa shape index (κ2) is 6.23. The molecule has 114 valence electrons. The first-order valence-corrected chi connectivity index (χ1v) is 8.11. The lowest BCUT2D eigenvalue weighted by atomic mass is 10.1. The van der Waals surface area contributed by atoms with E-state index in [1.165, 1.54) is 12.1 Å². The molecule has 0 aliphatic heterocycles. The molecule has 0 radical (unpaired) electrons. The zero-order valence-corrected chi connectivity index (χ0v) is 12.2. The minimum atomic E-state index is -3.69. The van der Waals surface area contributed by atoms with E-state index in [0.29, 0.717) is 13.0 Å². The van der Waals surface area contributed by atoms with Crippen LogP contribution in [0.4, 0.5) is 0 Å². The van der Waals surface area contributed by atoms with Crippen LogP contribution in [0.25, 0.3) is 0 Å². The summed E-state index contributed by atoms with van der Waals surface area (Å²) in [5.41, 5.74) is 0.838. The number of hydrogen-bond acceptors (Lipinski definition) is 4. The lowest BCUT2D eigenvalue weighted by molar-refractivity contribution is -0.139. The lowest BCUT2D eigenvalue weighted by Gasteiger charge is -2.06. The molecule has 0 aromatic heterocycles. The second-order valence-corrected chi connectivity index (χ2v) is 6.50. The van der Waals surface area contributed by atoms with E-state index in [4.69, 9.17) is 5.14 Å². The van der Waals surface area contributed by atoms with Crippen molar-refractivity contribution in [1.82, 2.24) is 10.6 Å². The lowest BCUT2D eigenvalue weighted by Crippen LogP contribution is -2.41. The average molecular weight is 311 g/mol. The molecule has 1 aliphatic carbocycles. The summed E-state index contributed by atoms with van der Waals surface area (Å²) < 4.78 is 22.2. The summed E-state index contributed by atoms with van der Waals surface area (Å²) in [5, 5.41) is 10.1. The first kappa shape index (κ1) is 15.5. The summed E-state index contributed by atoms with van der Waals surface area (Å²) in [7, 11) is -3.69. The van der Waals surface area contributed by atoms with Crippen molar-refractivity contribution in [2.24, 2.45) is 5.14 Å². The van der Waals surface area contributed by atoms with Gasteiger partial charge in [-0.2, -0.15) is 0 Å². The molecule has 1 saturated carbocycles. The highest BCUT2D eigenvalue weighted by molar-refractivity contribution is 7.89. The van der Waals surface area contributed by atoms with Gasteiger partial charge in [0.1, 0.15) is 0 Å². The second-order valence-electron chi connectivity index (χ2n) is 4.94. The molecule has 1 fully saturated rings. The molecule has 1 aromatic carbocycles. The molecule has 0 bridgehead atoms. The summed E-state index contributed by atoms with van der Waals surface area (Å²) in [4.78, 5) is 22.9. The number of amides is 2. The third-order valence-corrected chi connectivity index (χ3v) is 4.00. The Bertz CT molecular complexity index is 636. The SMILES string of the molecule is NS(=O)(=O)c1ccc(CCNC(=O)C(=O)NC2CC2)cc1. The summed E-state index contributed by atoms with van der Waals surface area (Å²) in [6.45, 7) is 0.297. The fraction of sp³-hybridized carbons (Fsp3) is 0.385. The van der Waals surface area contributed by atoms with Gasteiger partial charge in [-0.25, -0.2) is 13.6 Å². The number of primary sulfonamides is 1. The maximum absolute atomic E-state index is 11.5. The third-order valence-electron chi connectivity index (χ3n) is 3.07. The molecule has 0 heterocycles. The number of hydrogen-bond donors (Lipinski definition) is 3. The van der Waals surface area contributed by atoms with Crippen LogP contribution >= 0.6 is 0 Å². The van der Waals surface area contributed by atoms with Gasteiger partial charge in [-0.3, -0.25) is 9.59 Å². The predicted octanol–water partition coefficient (Wildman–Crippen LogP) is -0.729. The summed E-state index contributed by atoms with van der Waals surface area (Å²) in [6, 6.07) is 6.21. The quantitative estimate of drug-likeness (QED) is 0.621. The summed E-state index contributed by atoms with van der Waals surface area (Å²) >= 11 is 0. The molecule has 0 saturated heterocycles. The smallest absolute Gasteiger partial charge is 0.309 e. The van der Waals surface area contributed by atoms with Crippen molar-refractivity contribution in [3.63, 3.8) is 0 Å². The number of nitrogens with one attached hydrogen (secondary N) is 2. The summed E-state index contributed by atoms with van der Waals surface area (Å²) in [6.07, 6.45) is 2.35. The van der Waals surface area contributed by atoms with Gasteiger partial charge in [-0.1, -0.05) is 12.1 Å². The molecular weight excluding hydrogens is 294 g/mol. The number of benzene rings is 1. The van der Waals surface area contributed by atoms with Crippen molar-refractivity contribution in [3.05, 3.63) is 29.8 Å². The minimum Gasteiger partial charge on any atom is -0.348 e. The van der Waals surface area contributed by atoms with Gasteiger partial charge in [0.25, 0.3) is 0 Å². The molecule has 7 nitrogen and oxygen atoms in total. The predicted molar refractivity (Wildman–Crippen MR) is 75.7 cm³/mol. The Hall–Kier alpha value is -1.93. The van der Waals surface area contributed by atoms with Crippen molar-refractivity contribution in [3.8, 4) is 0 Å². The van der Waals surface area contributed by atoms with E-state index >= 15 is 0 Å². The Morgan fingerprint density at radius 1 is 1.14 bits per heavy atom. The van der Waals surface area contributed by atoms with Gasteiger partial charge in [0, 0.05) is 12.6 Å². The maximum atomic E-state index is 11.5. The zero-order chi connectivity index (χ0) is 15.5. The van der Waals surface area contributed by atoms with E-state index in [9.17, 15) is 18.0 Å². The van der Waals surface area contributed by atoms with Crippen LogP contribution in [0, 0.1) is 0 Å². The van der Waals surface area contributed by atoms with Crippen LogP contribution in [0.15, 0.2) is 29.2 Å². The zero-order valence-electron chi connectivity index (χ0n) is 11.3. The minimum absolute atomic E-state index is 0.0408. The first-order chi connectivity index (χ1) is 9.86. The standard InChI is InChI=1S/C13H17N3O4S/c14-21(19,20)11-5-1-9(2-6-11)7-8-15-12(17)13(18)16-10-3-4-10/h1-2,5-6,10H,3-4,7-8H2,(H,15,17)(H,16,18)(H2,14,19,20). The average Bonchev–Trinajstić information content (AvgIpc) is 3.22. The van der Waals surface area contributed by atoms with Gasteiger partial charge in [0.05, 0.1) is 4.90 Å². The highest BCUT2D eigenvalue weighted by Gasteiger charge is 2.26. The Labute approximate surface area is 123 Å². The molecule has 1 aliphatic rings. The van der Waals surface area contributed by atoms with Crippen LogP contribution in [0.3, 0.4) is 0 Å². The summed E-state index contributed by atoms with van der Waals surface area (Å²) in [5.74, 6) is -1.26. The molecule has 8 heteroatoms. The van der Waals surface area contributed by atoms with Gasteiger partial charge >= 0.3 is 11.8 Å². The number of sulfonamides is 1. The van der Waals surface area contributed by atoms with Crippen molar-refractivity contribution in [2.75, 3.05) is 6.54 Å². The van der Waals surface area contributed by atoms with Crippen LogP contribution in [-0.2, 0) is 26.0 Å². The van der Waals surface area contributed by atoms with Gasteiger partial charge in [-0.15, -0.1) is 0 Å². The molecule has 2 amide bonds. The van der Waals surface area contributed by atoms with Crippen LogP contribution < -0.4 is 15.8 Å². The number of carbonyl (C=O) groups excluding carboxylic acids is 2. The van der Waals surface area contributed by atoms with Gasteiger partial charge in [0.15, 0.2) is 0 Å². The van der Waals surface area contributed by atoms with E-state index in [0.717, 1.165) is 18.4 Å². The number of rotatable bonds is 5. The third kappa shape index (κ3) is 4.83. The monoisotopic (exact) mass is 311 g/mol. The molecule has 2 rings (SSSR count). The molecule has 1 aromatic rings. The van der Waals surface area contributed by atoms with E-state index in [1.54, 1.807) is 12.1 Å². The van der Waals surface area contributed by atoms with Crippen molar-refractivity contribution >= 4 is 21.8 Å². The van der Waals surface area contributed by atoms with E-state index < -0.39 is 21.8 Å². The molecule has 0 atom stereocenters. The van der Waals surface area contributed by atoms with Crippen molar-refractivity contribution in [2.45, 2.75) is 30.2 Å². The van der Waals surface area contributed by atoms with E-state index in [1.807, 2.05) is 0 Å². The molecule has 4 N–H and O–H groups in total. The highest BCUT2D eigenvalue weighted by Crippen LogP contribution is 2.18. The molecule has 0 spiro atoms. The van der Waals surface area contributed by atoms with Crippen LogP contribution in [0.1, 0.15) is 18.4 Å². The van der Waals surface area contributed by atoms with Crippen molar-refractivity contribution in [1.29, 1.82) is 0 Å². The fourth-order valence-electron chi connectivity index (χ4n) is 1.73. The Kier molecular flexibility index (Phi) is 4.59. The largest absolute Gasteiger partial charge is 0.348 e. The first-order valence-electron chi connectivity index (χ1n) is 6.57. The Morgan fingerprint density at radius 3 is 2.29 bits per heavy atom. The fourth-order valence-corrected chi connectivity index (χ4v) is 2.24. The Morgan fingerprint density at radius 2 is 1.76 bits per heavy atom. The van der Waals surface area contributed by atoms with Crippen LogP contribution in [0.5, 0.6) is 0 Å². The normalized spacial score (nSPS) is 14.5. The number of carbonyl (C=O) groups is 2. The van der Waals surface area contributed by atoms with Gasteiger partial charge in [-0.05, 0) is 37.0 Å².